The van der Waals surface area contributed by atoms with Crippen LogP contribution in [0.4, 0.5) is 10.7 Å². The molecule has 0 aliphatic heterocycles. The van der Waals surface area contributed by atoms with E-state index in [0.29, 0.717) is 19.0 Å². The third-order valence-corrected chi connectivity index (χ3v) is 2.84. The van der Waals surface area contributed by atoms with Gasteiger partial charge >= 0.3 is 6.09 Å². The zero-order valence-corrected chi connectivity index (χ0v) is 13.7. The third kappa shape index (κ3) is 5.94. The van der Waals surface area contributed by atoms with Gasteiger partial charge in [0, 0.05) is 31.0 Å². The van der Waals surface area contributed by atoms with Crippen LogP contribution in [0.3, 0.4) is 0 Å². The van der Waals surface area contributed by atoms with Crippen LogP contribution in [-0.4, -0.2) is 34.8 Å². The molecule has 0 unspecified atom stereocenters. The van der Waals surface area contributed by atoms with Gasteiger partial charge in [0.15, 0.2) is 0 Å². The average molecular weight is 314 g/mol. The highest BCUT2D eigenvalue weighted by Crippen LogP contribution is 2.16. The normalized spacial score (nSPS) is 10.9. The second-order valence-corrected chi connectivity index (χ2v) is 6.02. The summed E-state index contributed by atoms with van der Waals surface area (Å²) in [6, 6.07) is 9.94. The fraction of sp³-hybridized carbons (Fsp3) is 0.353. The molecule has 0 fully saturated rings. The van der Waals surface area contributed by atoms with Crippen molar-refractivity contribution in [2.75, 3.05) is 18.4 Å². The van der Waals surface area contributed by atoms with Crippen molar-refractivity contribution in [2.45, 2.75) is 26.4 Å². The van der Waals surface area contributed by atoms with Crippen LogP contribution in [0.2, 0.25) is 0 Å². The summed E-state index contributed by atoms with van der Waals surface area (Å²) in [4.78, 5) is 20.0. The lowest BCUT2D eigenvalue weighted by Crippen LogP contribution is -2.35. The molecule has 6 heteroatoms. The summed E-state index contributed by atoms with van der Waals surface area (Å²) in [5.41, 5.74) is 1.54. The average Bonchev–Trinajstić information content (AvgIpc) is 2.51. The van der Waals surface area contributed by atoms with Gasteiger partial charge in [0.25, 0.3) is 0 Å². The van der Waals surface area contributed by atoms with Crippen LogP contribution in [0.15, 0.2) is 42.7 Å². The van der Waals surface area contributed by atoms with E-state index < -0.39 is 11.7 Å². The van der Waals surface area contributed by atoms with Crippen LogP contribution < -0.4 is 10.6 Å². The predicted molar refractivity (Wildman–Crippen MR) is 90.2 cm³/mol. The summed E-state index contributed by atoms with van der Waals surface area (Å²) in [5.74, 6) is 0.524. The highest BCUT2D eigenvalue weighted by Gasteiger charge is 2.15. The summed E-state index contributed by atoms with van der Waals surface area (Å²) in [7, 11) is 0. The lowest BCUT2D eigenvalue weighted by molar-refractivity contribution is 0.0530. The molecule has 6 nitrogen and oxygen atoms in total. The standard InChI is InChI=1S/C17H22N4O2/c1-17(2,3)23-16(22)19-10-9-18-15-20-11-14(12-21-15)13-7-5-4-6-8-13/h4-8,11-12H,9-10H2,1-3H3,(H,19,22)(H,18,20,21). The molecule has 0 aliphatic carbocycles. The molecule has 23 heavy (non-hydrogen) atoms. The van der Waals surface area contributed by atoms with Gasteiger partial charge in [-0.2, -0.15) is 0 Å². The first-order valence-corrected chi connectivity index (χ1v) is 7.52. The smallest absolute Gasteiger partial charge is 0.407 e. The second kappa shape index (κ2) is 7.58. The van der Waals surface area contributed by atoms with E-state index in [0.717, 1.165) is 11.1 Å². The van der Waals surface area contributed by atoms with E-state index in [-0.39, 0.29) is 0 Å². The first-order valence-electron chi connectivity index (χ1n) is 7.52. The molecule has 0 saturated carbocycles. The van der Waals surface area contributed by atoms with E-state index in [9.17, 15) is 4.79 Å². The highest BCUT2D eigenvalue weighted by atomic mass is 16.6. The minimum Gasteiger partial charge on any atom is -0.444 e. The topological polar surface area (TPSA) is 76.1 Å². The molecule has 122 valence electrons. The zero-order chi connectivity index (χ0) is 16.7. The van der Waals surface area contributed by atoms with Crippen LogP contribution in [-0.2, 0) is 4.74 Å². The Morgan fingerprint density at radius 1 is 1.04 bits per heavy atom. The number of rotatable bonds is 5. The van der Waals surface area contributed by atoms with Gasteiger partial charge in [0.2, 0.25) is 5.95 Å². The van der Waals surface area contributed by atoms with E-state index in [4.69, 9.17) is 4.74 Å². The number of aromatic nitrogens is 2. The number of benzene rings is 1. The molecule has 0 radical (unpaired) electrons. The Hall–Kier alpha value is -2.63. The summed E-state index contributed by atoms with van der Waals surface area (Å²) in [6.07, 6.45) is 3.11. The molecule has 0 spiro atoms. The molecule has 2 N–H and O–H groups in total. The second-order valence-electron chi connectivity index (χ2n) is 6.02. The lowest BCUT2D eigenvalue weighted by Gasteiger charge is -2.19. The van der Waals surface area contributed by atoms with Gasteiger partial charge in [-0.15, -0.1) is 0 Å². The Morgan fingerprint density at radius 2 is 1.70 bits per heavy atom. The monoisotopic (exact) mass is 314 g/mol. The number of hydrogen-bond acceptors (Lipinski definition) is 5. The molecule has 0 atom stereocenters. The number of nitrogens with zero attached hydrogens (tertiary/aromatic N) is 2. The fourth-order valence-electron chi connectivity index (χ4n) is 1.85. The maximum atomic E-state index is 11.5. The van der Waals surface area contributed by atoms with Crippen molar-refractivity contribution in [3.63, 3.8) is 0 Å². The van der Waals surface area contributed by atoms with E-state index >= 15 is 0 Å². The van der Waals surface area contributed by atoms with Crippen molar-refractivity contribution in [1.29, 1.82) is 0 Å². The summed E-state index contributed by atoms with van der Waals surface area (Å²) in [6.45, 7) is 6.43. The van der Waals surface area contributed by atoms with E-state index in [1.165, 1.54) is 0 Å². The van der Waals surface area contributed by atoms with Gasteiger partial charge < -0.3 is 15.4 Å². The molecule has 2 rings (SSSR count). The van der Waals surface area contributed by atoms with E-state index in [1.807, 2.05) is 51.1 Å². The molecule has 1 heterocycles. The quantitative estimate of drug-likeness (QED) is 0.829. The highest BCUT2D eigenvalue weighted by molar-refractivity contribution is 5.67. The van der Waals surface area contributed by atoms with Crippen LogP contribution >= 0.6 is 0 Å². The summed E-state index contributed by atoms with van der Waals surface area (Å²) in [5, 5.41) is 5.72. The number of alkyl carbamates (subject to hydrolysis) is 1. The summed E-state index contributed by atoms with van der Waals surface area (Å²) >= 11 is 0. The van der Waals surface area contributed by atoms with Crippen molar-refractivity contribution in [3.05, 3.63) is 42.7 Å². The molecular formula is C17H22N4O2. The Balaban J connectivity index is 1.76. The van der Waals surface area contributed by atoms with Gasteiger partial charge in [-0.3, -0.25) is 0 Å². The summed E-state index contributed by atoms with van der Waals surface area (Å²) < 4.78 is 5.15. The van der Waals surface area contributed by atoms with Gasteiger partial charge in [-0.25, -0.2) is 14.8 Å². The van der Waals surface area contributed by atoms with Gasteiger partial charge in [-0.1, -0.05) is 30.3 Å². The van der Waals surface area contributed by atoms with E-state index in [2.05, 4.69) is 20.6 Å². The predicted octanol–water partition coefficient (Wildman–Crippen LogP) is 3.08. The van der Waals surface area contributed by atoms with Gasteiger partial charge in [0.1, 0.15) is 5.60 Å². The molecule has 0 bridgehead atoms. The Bertz CT molecular complexity index is 621. The molecule has 0 saturated heterocycles. The maximum Gasteiger partial charge on any atom is 0.407 e. The molecule has 1 amide bonds. The van der Waals surface area contributed by atoms with Crippen molar-refractivity contribution < 1.29 is 9.53 Å². The molecule has 1 aromatic heterocycles. The van der Waals surface area contributed by atoms with Crippen LogP contribution in [0, 0.1) is 0 Å². The number of anilines is 1. The van der Waals surface area contributed by atoms with Gasteiger partial charge in [-0.05, 0) is 26.3 Å². The van der Waals surface area contributed by atoms with Gasteiger partial charge in [0.05, 0.1) is 0 Å². The number of nitrogens with one attached hydrogen (secondary N) is 2. The lowest BCUT2D eigenvalue weighted by atomic mass is 10.1. The molecule has 2 aromatic rings. The largest absolute Gasteiger partial charge is 0.444 e. The molecule has 1 aromatic carbocycles. The number of amides is 1. The Labute approximate surface area is 136 Å². The zero-order valence-electron chi connectivity index (χ0n) is 13.7. The molecule has 0 aliphatic rings. The number of carbonyl (C=O) groups excluding carboxylic acids is 1. The van der Waals surface area contributed by atoms with Crippen LogP contribution in [0.1, 0.15) is 20.8 Å². The fourth-order valence-corrected chi connectivity index (χ4v) is 1.85. The van der Waals surface area contributed by atoms with Crippen molar-refractivity contribution in [1.82, 2.24) is 15.3 Å². The number of ether oxygens (including phenoxy) is 1. The third-order valence-electron chi connectivity index (χ3n) is 2.84. The number of carbonyl (C=O) groups is 1. The van der Waals surface area contributed by atoms with E-state index in [1.54, 1.807) is 12.4 Å². The minimum absolute atomic E-state index is 0.429. The first kappa shape index (κ1) is 16.7. The Kier molecular flexibility index (Phi) is 5.51. The minimum atomic E-state index is -0.492. The number of hydrogen-bond donors (Lipinski definition) is 2. The van der Waals surface area contributed by atoms with Crippen molar-refractivity contribution in [2.24, 2.45) is 0 Å². The maximum absolute atomic E-state index is 11.5. The van der Waals surface area contributed by atoms with Crippen LogP contribution in [0.5, 0.6) is 0 Å². The van der Waals surface area contributed by atoms with Crippen molar-refractivity contribution >= 4 is 12.0 Å². The first-order chi connectivity index (χ1) is 10.9. The molecular weight excluding hydrogens is 292 g/mol. The van der Waals surface area contributed by atoms with Crippen molar-refractivity contribution in [3.8, 4) is 11.1 Å². The Morgan fingerprint density at radius 3 is 2.30 bits per heavy atom. The van der Waals surface area contributed by atoms with Crippen LogP contribution in [0.25, 0.3) is 11.1 Å². The SMILES string of the molecule is CC(C)(C)OC(=O)NCCNc1ncc(-c2ccccc2)cn1.